The van der Waals surface area contributed by atoms with Gasteiger partial charge in [0.1, 0.15) is 6.61 Å². The van der Waals surface area contributed by atoms with Crippen molar-refractivity contribution in [2.45, 2.75) is 64.9 Å². The van der Waals surface area contributed by atoms with E-state index in [-0.39, 0.29) is 11.4 Å². The Morgan fingerprint density at radius 1 is 1.15 bits per heavy atom. The summed E-state index contributed by atoms with van der Waals surface area (Å²) in [6.45, 7) is 4.95. The van der Waals surface area contributed by atoms with Crippen LogP contribution in [-0.4, -0.2) is 23.8 Å². The van der Waals surface area contributed by atoms with E-state index < -0.39 is 11.5 Å². The highest BCUT2D eigenvalue weighted by atomic mass is 16.5. The highest BCUT2D eigenvalue weighted by molar-refractivity contribution is 5.87. The number of esters is 1. The van der Waals surface area contributed by atoms with Crippen molar-refractivity contribution in [1.82, 2.24) is 0 Å². The first-order valence-electron chi connectivity index (χ1n) is 10.2. The number of hydrogen-bond donors (Lipinski definition) is 1. The predicted octanol–water partition coefficient (Wildman–Crippen LogP) is 4.39. The lowest BCUT2D eigenvalue weighted by Gasteiger charge is -2.53. The van der Waals surface area contributed by atoms with E-state index in [4.69, 9.17) is 4.74 Å². The number of cyclic esters (lactones) is 1. The van der Waals surface area contributed by atoms with E-state index in [1.54, 1.807) is 6.08 Å². The summed E-state index contributed by atoms with van der Waals surface area (Å²) < 4.78 is 5.14. The van der Waals surface area contributed by atoms with Crippen LogP contribution >= 0.6 is 0 Å². The Labute approximate surface area is 155 Å². The van der Waals surface area contributed by atoms with Crippen molar-refractivity contribution in [3.63, 3.8) is 0 Å². The number of rotatable bonds is 1. The molecule has 3 nitrogen and oxygen atoms in total. The standard InChI is InChI=1S/C23H28O3/c1-22-10-4-3-5-15(22)6-7-16-18-9-8-17(14-11-21(25)26-13-14)23(18,2)20(24)12-19(16)22/h8-9,11,15,20,24H,3-7,10,12-13H2,1-2H3/t15-,20+,22-,23+/m0/s1. The molecule has 5 aliphatic rings. The largest absolute Gasteiger partial charge is 0.458 e. The smallest absolute Gasteiger partial charge is 0.331 e. The van der Waals surface area contributed by atoms with Gasteiger partial charge in [0.15, 0.2) is 0 Å². The minimum absolute atomic E-state index is 0.265. The molecule has 1 aliphatic heterocycles. The van der Waals surface area contributed by atoms with Gasteiger partial charge in [-0.25, -0.2) is 4.79 Å². The van der Waals surface area contributed by atoms with Crippen molar-refractivity contribution in [3.8, 4) is 0 Å². The highest BCUT2D eigenvalue weighted by Gasteiger charge is 2.54. The summed E-state index contributed by atoms with van der Waals surface area (Å²) >= 11 is 0. The molecule has 0 aromatic rings. The maximum Gasteiger partial charge on any atom is 0.331 e. The van der Waals surface area contributed by atoms with Crippen LogP contribution in [-0.2, 0) is 9.53 Å². The van der Waals surface area contributed by atoms with E-state index in [9.17, 15) is 9.90 Å². The molecule has 0 aromatic heterocycles. The summed E-state index contributed by atoms with van der Waals surface area (Å²) in [5, 5.41) is 11.3. The first-order valence-corrected chi connectivity index (χ1v) is 10.2. The van der Waals surface area contributed by atoms with Gasteiger partial charge in [-0.05, 0) is 67.1 Å². The number of aliphatic hydroxyl groups is 1. The van der Waals surface area contributed by atoms with Crippen LogP contribution in [0.25, 0.3) is 0 Å². The van der Waals surface area contributed by atoms with Gasteiger partial charge < -0.3 is 9.84 Å². The van der Waals surface area contributed by atoms with Gasteiger partial charge in [-0.1, -0.05) is 37.5 Å². The maximum atomic E-state index is 11.6. The van der Waals surface area contributed by atoms with E-state index >= 15 is 0 Å². The molecule has 5 rings (SSSR count). The van der Waals surface area contributed by atoms with Crippen LogP contribution in [0.2, 0.25) is 0 Å². The molecular weight excluding hydrogens is 324 g/mol. The summed E-state index contributed by atoms with van der Waals surface area (Å²) in [7, 11) is 0. The lowest BCUT2D eigenvalue weighted by atomic mass is 9.52. The molecule has 0 amide bonds. The molecule has 0 radical (unpaired) electrons. The Morgan fingerprint density at radius 2 is 1.96 bits per heavy atom. The first-order chi connectivity index (χ1) is 12.4. The van der Waals surface area contributed by atoms with Gasteiger partial charge >= 0.3 is 5.97 Å². The average molecular weight is 352 g/mol. The van der Waals surface area contributed by atoms with Crippen LogP contribution in [0, 0.1) is 16.7 Å². The van der Waals surface area contributed by atoms with Gasteiger partial charge in [0, 0.05) is 17.1 Å². The number of ether oxygens (including phenoxy) is 1. The van der Waals surface area contributed by atoms with Crippen molar-refractivity contribution in [2.24, 2.45) is 16.7 Å². The van der Waals surface area contributed by atoms with Crippen LogP contribution in [0.4, 0.5) is 0 Å². The molecule has 4 atom stereocenters. The number of hydrogen-bond acceptors (Lipinski definition) is 3. The van der Waals surface area contributed by atoms with Crippen LogP contribution in [0.5, 0.6) is 0 Å². The predicted molar refractivity (Wildman–Crippen MR) is 100 cm³/mol. The SMILES string of the molecule is C[C@@]12C(C3=CC(=O)OC3)=CC=C1C1=C(C[C@H]2O)[C@@]2(C)CCCC[C@H]2CC1. The summed E-state index contributed by atoms with van der Waals surface area (Å²) in [5.41, 5.74) is 6.21. The number of fused-ring (bicyclic) bond motifs is 4. The molecule has 4 aliphatic carbocycles. The van der Waals surface area contributed by atoms with Gasteiger partial charge in [-0.15, -0.1) is 0 Å². The zero-order chi connectivity index (χ0) is 18.1. The lowest BCUT2D eigenvalue weighted by Crippen LogP contribution is -2.46. The Hall–Kier alpha value is -1.61. The second kappa shape index (κ2) is 5.45. The topological polar surface area (TPSA) is 46.5 Å². The molecule has 0 aromatic carbocycles. The third-order valence-corrected chi connectivity index (χ3v) is 8.13. The van der Waals surface area contributed by atoms with Gasteiger partial charge in [0.2, 0.25) is 0 Å². The molecule has 0 bridgehead atoms. The second-order valence-corrected chi connectivity index (χ2v) is 9.22. The zero-order valence-corrected chi connectivity index (χ0v) is 15.8. The quantitative estimate of drug-likeness (QED) is 0.712. The molecule has 0 unspecified atom stereocenters. The fraction of sp³-hybridized carbons (Fsp3) is 0.609. The van der Waals surface area contributed by atoms with Crippen LogP contribution in [0.15, 0.2) is 46.1 Å². The van der Waals surface area contributed by atoms with E-state index in [1.807, 2.05) is 0 Å². The van der Waals surface area contributed by atoms with Gasteiger partial charge in [-0.3, -0.25) is 0 Å². The summed E-state index contributed by atoms with van der Waals surface area (Å²) in [5.74, 6) is 0.517. The highest BCUT2D eigenvalue weighted by Crippen LogP contribution is 2.62. The maximum absolute atomic E-state index is 11.6. The molecule has 1 fully saturated rings. The minimum Gasteiger partial charge on any atom is -0.458 e. The fourth-order valence-corrected chi connectivity index (χ4v) is 6.53. The molecule has 3 heteroatoms. The molecule has 26 heavy (non-hydrogen) atoms. The van der Waals surface area contributed by atoms with Crippen molar-refractivity contribution in [2.75, 3.05) is 6.61 Å². The van der Waals surface area contributed by atoms with E-state index in [0.717, 1.165) is 29.9 Å². The summed E-state index contributed by atoms with van der Waals surface area (Å²) in [6.07, 6.45) is 14.0. The third-order valence-electron chi connectivity index (χ3n) is 8.13. The molecule has 1 saturated carbocycles. The second-order valence-electron chi connectivity index (χ2n) is 9.22. The van der Waals surface area contributed by atoms with Crippen LogP contribution in [0.3, 0.4) is 0 Å². The van der Waals surface area contributed by atoms with Crippen molar-refractivity contribution in [1.29, 1.82) is 0 Å². The monoisotopic (exact) mass is 352 g/mol. The van der Waals surface area contributed by atoms with Crippen molar-refractivity contribution < 1.29 is 14.6 Å². The minimum atomic E-state index is -0.435. The number of aliphatic hydroxyl groups excluding tert-OH is 1. The summed E-state index contributed by atoms with van der Waals surface area (Å²) in [4.78, 5) is 11.6. The van der Waals surface area contributed by atoms with E-state index in [1.165, 1.54) is 48.8 Å². The van der Waals surface area contributed by atoms with Crippen LogP contribution in [0.1, 0.15) is 58.8 Å². The zero-order valence-electron chi connectivity index (χ0n) is 15.8. The summed E-state index contributed by atoms with van der Waals surface area (Å²) in [6, 6.07) is 0. The van der Waals surface area contributed by atoms with Gasteiger partial charge in [-0.2, -0.15) is 0 Å². The number of allylic oxidation sites excluding steroid dienone is 3. The molecule has 0 spiro atoms. The molecule has 1 heterocycles. The van der Waals surface area contributed by atoms with Crippen LogP contribution < -0.4 is 0 Å². The number of carbonyl (C=O) groups is 1. The van der Waals surface area contributed by atoms with E-state index in [0.29, 0.717) is 6.61 Å². The average Bonchev–Trinajstić information content (AvgIpc) is 3.19. The third kappa shape index (κ3) is 2.01. The Kier molecular flexibility index (Phi) is 3.47. The molecule has 1 N–H and O–H groups in total. The number of carbonyl (C=O) groups excluding carboxylic acids is 1. The van der Waals surface area contributed by atoms with Gasteiger partial charge in [0.05, 0.1) is 6.10 Å². The Morgan fingerprint density at radius 3 is 2.73 bits per heavy atom. The fourth-order valence-electron chi connectivity index (χ4n) is 6.53. The Bertz CT molecular complexity index is 811. The lowest BCUT2D eigenvalue weighted by molar-refractivity contribution is -0.134. The van der Waals surface area contributed by atoms with Gasteiger partial charge in [0.25, 0.3) is 0 Å². The normalized spacial score (nSPS) is 41.7. The van der Waals surface area contributed by atoms with Crippen molar-refractivity contribution in [3.05, 3.63) is 46.1 Å². The molecule has 138 valence electrons. The van der Waals surface area contributed by atoms with Crippen molar-refractivity contribution >= 4 is 5.97 Å². The van der Waals surface area contributed by atoms with E-state index in [2.05, 4.69) is 26.0 Å². The Balaban J connectivity index is 1.58. The first kappa shape index (κ1) is 16.6. The molecule has 0 saturated heterocycles. The molecular formula is C23H28O3.